The van der Waals surface area contributed by atoms with Crippen LogP contribution in [0.15, 0.2) is 0 Å². The third-order valence-electron chi connectivity index (χ3n) is 2.46. The molecule has 0 saturated heterocycles. The molecule has 1 aliphatic rings. The Kier molecular flexibility index (Phi) is 3.62. The predicted molar refractivity (Wildman–Crippen MR) is 52.9 cm³/mol. The number of hydrogen-bond acceptors (Lipinski definition) is 1. The highest BCUT2D eigenvalue weighted by molar-refractivity contribution is 4.86. The van der Waals surface area contributed by atoms with Crippen LogP contribution in [0.5, 0.6) is 0 Å². The smallest absolute Gasteiger partial charge is 0.0214 e. The first-order chi connectivity index (χ1) is 5.74. The van der Waals surface area contributed by atoms with Gasteiger partial charge in [0.1, 0.15) is 0 Å². The van der Waals surface area contributed by atoms with Crippen molar-refractivity contribution in [1.29, 1.82) is 0 Å². The molecule has 0 radical (unpaired) electrons. The van der Waals surface area contributed by atoms with E-state index in [0.29, 0.717) is 6.04 Å². The second-order valence-corrected chi connectivity index (χ2v) is 3.99. The molecule has 1 aliphatic carbocycles. The molecule has 1 saturated carbocycles. The molecule has 0 heterocycles. The van der Waals surface area contributed by atoms with E-state index in [1.165, 1.54) is 19.4 Å². The van der Waals surface area contributed by atoms with Crippen LogP contribution in [0.1, 0.15) is 33.1 Å². The van der Waals surface area contributed by atoms with Gasteiger partial charge in [0.2, 0.25) is 0 Å². The number of hydrogen-bond donors (Lipinski definition) is 0. The molecule has 0 aliphatic heterocycles. The van der Waals surface area contributed by atoms with E-state index in [2.05, 4.69) is 24.7 Å². The molecule has 0 aromatic rings. The second kappa shape index (κ2) is 4.52. The van der Waals surface area contributed by atoms with Crippen LogP contribution in [0.4, 0.5) is 0 Å². The van der Waals surface area contributed by atoms with Crippen LogP contribution in [-0.4, -0.2) is 24.0 Å². The van der Waals surface area contributed by atoms with Crippen molar-refractivity contribution in [2.24, 2.45) is 5.92 Å². The Hall–Kier alpha value is -0.480. The van der Waals surface area contributed by atoms with Gasteiger partial charge >= 0.3 is 0 Å². The fraction of sp³-hybridized carbons (Fsp3) is 0.818. The highest BCUT2D eigenvalue weighted by atomic mass is 15.1. The van der Waals surface area contributed by atoms with Crippen LogP contribution in [0, 0.1) is 18.3 Å². The van der Waals surface area contributed by atoms with Crippen molar-refractivity contribution >= 4 is 0 Å². The quantitative estimate of drug-likeness (QED) is 0.564. The molecule has 0 atom stereocenters. The molecule has 1 rings (SSSR count). The molecule has 0 aromatic carbocycles. The predicted octanol–water partition coefficient (Wildman–Crippen LogP) is 2.13. The Labute approximate surface area is 76.1 Å². The zero-order valence-corrected chi connectivity index (χ0v) is 8.21. The molecule has 0 amide bonds. The van der Waals surface area contributed by atoms with Crippen molar-refractivity contribution in [2.45, 2.75) is 39.2 Å². The molecular formula is C11H19N. The van der Waals surface area contributed by atoms with Gasteiger partial charge in [-0.1, -0.05) is 0 Å². The van der Waals surface area contributed by atoms with Gasteiger partial charge in [-0.3, -0.25) is 4.90 Å². The summed E-state index contributed by atoms with van der Waals surface area (Å²) in [7, 11) is 0. The van der Waals surface area contributed by atoms with E-state index in [-0.39, 0.29) is 0 Å². The van der Waals surface area contributed by atoms with Crippen LogP contribution in [-0.2, 0) is 0 Å². The third-order valence-corrected chi connectivity index (χ3v) is 2.46. The van der Waals surface area contributed by atoms with Gasteiger partial charge in [-0.15, -0.1) is 12.3 Å². The van der Waals surface area contributed by atoms with Crippen molar-refractivity contribution < 1.29 is 0 Å². The Bertz CT molecular complexity index is 162. The first-order valence-corrected chi connectivity index (χ1v) is 4.91. The minimum absolute atomic E-state index is 0.652. The normalized spacial score (nSPS) is 16.9. The molecule has 1 heteroatoms. The Morgan fingerprint density at radius 1 is 1.50 bits per heavy atom. The van der Waals surface area contributed by atoms with Crippen LogP contribution in [0.2, 0.25) is 0 Å². The standard InChI is InChI=1S/C11H19N/c1-4-5-8-12(10(2)3)9-11-6-7-11/h1,10-11H,5-9H2,2-3H3. The SMILES string of the molecule is C#CCCN(CC1CC1)C(C)C. The molecule has 0 aromatic heterocycles. The molecule has 0 unspecified atom stereocenters. The van der Waals surface area contributed by atoms with E-state index in [0.717, 1.165) is 18.9 Å². The van der Waals surface area contributed by atoms with Gasteiger partial charge in [-0.25, -0.2) is 0 Å². The van der Waals surface area contributed by atoms with E-state index in [4.69, 9.17) is 6.42 Å². The first kappa shape index (κ1) is 9.61. The molecule has 12 heavy (non-hydrogen) atoms. The van der Waals surface area contributed by atoms with E-state index in [1.54, 1.807) is 0 Å². The van der Waals surface area contributed by atoms with E-state index in [9.17, 15) is 0 Å². The van der Waals surface area contributed by atoms with Crippen LogP contribution in [0.3, 0.4) is 0 Å². The van der Waals surface area contributed by atoms with Crippen molar-refractivity contribution in [3.05, 3.63) is 0 Å². The van der Waals surface area contributed by atoms with Gasteiger partial charge in [0.05, 0.1) is 0 Å². The number of terminal acetylenes is 1. The summed E-state index contributed by atoms with van der Waals surface area (Å²) >= 11 is 0. The lowest BCUT2D eigenvalue weighted by atomic mass is 10.2. The number of rotatable bonds is 5. The molecule has 0 N–H and O–H groups in total. The summed E-state index contributed by atoms with van der Waals surface area (Å²) in [6.07, 6.45) is 9.00. The summed E-state index contributed by atoms with van der Waals surface area (Å²) in [6, 6.07) is 0.652. The van der Waals surface area contributed by atoms with Crippen LogP contribution >= 0.6 is 0 Å². The molecule has 0 bridgehead atoms. The van der Waals surface area contributed by atoms with E-state index >= 15 is 0 Å². The Morgan fingerprint density at radius 3 is 2.58 bits per heavy atom. The zero-order chi connectivity index (χ0) is 8.97. The van der Waals surface area contributed by atoms with Gasteiger partial charge < -0.3 is 0 Å². The fourth-order valence-corrected chi connectivity index (χ4v) is 1.40. The summed E-state index contributed by atoms with van der Waals surface area (Å²) in [5, 5.41) is 0. The van der Waals surface area contributed by atoms with Crippen molar-refractivity contribution in [3.63, 3.8) is 0 Å². The minimum Gasteiger partial charge on any atom is -0.300 e. The maximum Gasteiger partial charge on any atom is 0.0214 e. The maximum absolute atomic E-state index is 5.25. The van der Waals surface area contributed by atoms with Gasteiger partial charge in [0.25, 0.3) is 0 Å². The van der Waals surface area contributed by atoms with E-state index < -0.39 is 0 Å². The minimum atomic E-state index is 0.652. The monoisotopic (exact) mass is 165 g/mol. The maximum atomic E-state index is 5.25. The highest BCUT2D eigenvalue weighted by Crippen LogP contribution is 2.30. The van der Waals surface area contributed by atoms with Gasteiger partial charge in [0, 0.05) is 25.6 Å². The lowest BCUT2D eigenvalue weighted by molar-refractivity contribution is 0.217. The summed E-state index contributed by atoms with van der Waals surface area (Å²) in [5.41, 5.74) is 0. The molecular weight excluding hydrogens is 146 g/mol. The van der Waals surface area contributed by atoms with Gasteiger partial charge in [-0.05, 0) is 32.6 Å². The summed E-state index contributed by atoms with van der Waals surface area (Å²) in [5.74, 6) is 3.68. The number of nitrogens with zero attached hydrogens (tertiary/aromatic N) is 1. The van der Waals surface area contributed by atoms with Crippen LogP contribution in [0.25, 0.3) is 0 Å². The lowest BCUT2D eigenvalue weighted by Crippen LogP contribution is -2.33. The zero-order valence-electron chi connectivity index (χ0n) is 8.21. The Morgan fingerprint density at radius 2 is 2.17 bits per heavy atom. The van der Waals surface area contributed by atoms with Crippen molar-refractivity contribution in [3.8, 4) is 12.3 Å². The molecule has 1 fully saturated rings. The molecule has 1 nitrogen and oxygen atoms in total. The van der Waals surface area contributed by atoms with Gasteiger partial charge in [0.15, 0.2) is 0 Å². The molecule has 68 valence electrons. The average molecular weight is 165 g/mol. The van der Waals surface area contributed by atoms with Crippen molar-refractivity contribution in [2.75, 3.05) is 13.1 Å². The molecule has 0 spiro atoms. The first-order valence-electron chi connectivity index (χ1n) is 4.91. The average Bonchev–Trinajstić information content (AvgIpc) is 2.80. The summed E-state index contributed by atoms with van der Waals surface area (Å²) < 4.78 is 0. The summed E-state index contributed by atoms with van der Waals surface area (Å²) in [6.45, 7) is 6.84. The van der Waals surface area contributed by atoms with Crippen molar-refractivity contribution in [1.82, 2.24) is 4.90 Å². The second-order valence-electron chi connectivity index (χ2n) is 3.99. The van der Waals surface area contributed by atoms with Crippen LogP contribution < -0.4 is 0 Å². The summed E-state index contributed by atoms with van der Waals surface area (Å²) in [4.78, 5) is 2.50. The highest BCUT2D eigenvalue weighted by Gasteiger charge is 2.24. The third kappa shape index (κ3) is 3.28. The van der Waals surface area contributed by atoms with Gasteiger partial charge in [-0.2, -0.15) is 0 Å². The largest absolute Gasteiger partial charge is 0.300 e. The Balaban J connectivity index is 2.22. The lowest BCUT2D eigenvalue weighted by Gasteiger charge is -2.25. The van der Waals surface area contributed by atoms with E-state index in [1.807, 2.05) is 0 Å². The fourth-order valence-electron chi connectivity index (χ4n) is 1.40. The topological polar surface area (TPSA) is 3.24 Å².